The Balaban J connectivity index is 0.00000364. The topological polar surface area (TPSA) is 219 Å². The van der Waals surface area contributed by atoms with Gasteiger partial charge in [-0.2, -0.15) is 0 Å². The van der Waals surface area contributed by atoms with Crippen molar-refractivity contribution >= 4 is 6.16 Å². The molecule has 2 saturated heterocycles. The summed E-state index contributed by atoms with van der Waals surface area (Å²) in [6.07, 6.45) is -15.5. The first-order valence-electron chi connectivity index (χ1n) is 7.63. The number of ether oxygens (including phenoxy) is 4. The van der Waals surface area contributed by atoms with Crippen LogP contribution in [0.5, 0.6) is 0 Å². The van der Waals surface area contributed by atoms with Gasteiger partial charge in [0.15, 0.2) is 6.29 Å². The van der Waals surface area contributed by atoms with Gasteiger partial charge in [-0.05, 0) is 0 Å². The number of carbonyl (C=O) groups is 1. The molecule has 27 heavy (non-hydrogen) atoms. The van der Waals surface area contributed by atoms with Gasteiger partial charge in [-0.1, -0.05) is 0 Å². The predicted molar refractivity (Wildman–Crippen MR) is 72.9 cm³/mol. The first-order chi connectivity index (χ1) is 12.2. The van der Waals surface area contributed by atoms with Gasteiger partial charge in [0, 0.05) is 0 Å². The predicted octanol–water partition coefficient (Wildman–Crippen LogP) is -9.02. The molecule has 0 saturated carbocycles. The van der Waals surface area contributed by atoms with Crippen LogP contribution >= 0.6 is 0 Å². The first-order valence-corrected chi connectivity index (χ1v) is 7.63. The average molecular weight is 408 g/mol. The van der Waals surface area contributed by atoms with E-state index in [4.69, 9.17) is 19.3 Å². The number of hydrogen-bond donors (Lipinski definition) is 7. The standard InChI is InChI=1S/C13H22O13.Na/c14-1-4-7(17)10(20)13(3-15,25-4)26-11-9(19)8(18)6(16)5(24-11)2-23-12(21)22;/h4-11,14-20H,1-3H2,(H,21,22);/q;+1/p-1/t4-,5-,6-,7-,8+,9-,10+,11-,13+;/m1./s1. The molecule has 13 nitrogen and oxygen atoms in total. The van der Waals surface area contributed by atoms with Gasteiger partial charge in [-0.3, -0.25) is 0 Å². The minimum absolute atomic E-state index is 0. The van der Waals surface area contributed by atoms with Crippen molar-refractivity contribution in [3.8, 4) is 0 Å². The van der Waals surface area contributed by atoms with Crippen LogP contribution in [0.2, 0.25) is 0 Å². The fourth-order valence-corrected chi connectivity index (χ4v) is 2.77. The second-order valence-corrected chi connectivity index (χ2v) is 5.94. The van der Waals surface area contributed by atoms with E-state index in [0.29, 0.717) is 0 Å². The van der Waals surface area contributed by atoms with Gasteiger partial charge >= 0.3 is 29.6 Å². The van der Waals surface area contributed by atoms with E-state index < -0.39 is 80.8 Å². The molecule has 152 valence electrons. The molecule has 0 aliphatic carbocycles. The summed E-state index contributed by atoms with van der Waals surface area (Å²) < 4.78 is 19.6. The smallest absolute Gasteiger partial charge is 0.547 e. The zero-order chi connectivity index (χ0) is 19.6. The Labute approximate surface area is 174 Å². The summed E-state index contributed by atoms with van der Waals surface area (Å²) in [5.41, 5.74) is 0. The van der Waals surface area contributed by atoms with Gasteiger partial charge in [0.1, 0.15) is 49.3 Å². The van der Waals surface area contributed by atoms with Crippen LogP contribution in [0.3, 0.4) is 0 Å². The maximum absolute atomic E-state index is 10.3. The quantitative estimate of drug-likeness (QED) is 0.161. The molecule has 2 aliphatic rings. The Morgan fingerprint density at radius 1 is 1.00 bits per heavy atom. The molecule has 14 heteroatoms. The van der Waals surface area contributed by atoms with Gasteiger partial charge in [-0.15, -0.1) is 0 Å². The third-order valence-electron chi connectivity index (χ3n) is 4.26. The van der Waals surface area contributed by atoms with Crippen LogP contribution in [0.25, 0.3) is 0 Å². The van der Waals surface area contributed by atoms with Gasteiger partial charge in [0.25, 0.3) is 6.16 Å². The molecule has 9 atom stereocenters. The summed E-state index contributed by atoms with van der Waals surface area (Å²) in [4.78, 5) is 10.3. The van der Waals surface area contributed by atoms with Gasteiger partial charge in [0.2, 0.25) is 5.79 Å². The Bertz CT molecular complexity index is 495. The van der Waals surface area contributed by atoms with Crippen LogP contribution < -0.4 is 34.7 Å². The molecule has 0 spiro atoms. The van der Waals surface area contributed by atoms with E-state index in [1.807, 2.05) is 0 Å². The van der Waals surface area contributed by atoms with Crippen LogP contribution in [0.4, 0.5) is 4.79 Å². The molecule has 0 bridgehead atoms. The van der Waals surface area contributed by atoms with Crippen LogP contribution in [-0.2, 0) is 18.9 Å². The Morgan fingerprint density at radius 2 is 1.63 bits per heavy atom. The van der Waals surface area contributed by atoms with Crippen molar-refractivity contribution in [1.82, 2.24) is 0 Å². The van der Waals surface area contributed by atoms with Gasteiger partial charge in [-0.25, -0.2) is 0 Å². The third-order valence-corrected chi connectivity index (χ3v) is 4.26. The number of carboxylic acid groups (broad SMARTS) is 1. The molecule has 0 aromatic rings. The molecule has 2 heterocycles. The molecular formula is C13H21NaO13. The minimum atomic E-state index is -2.32. The molecule has 0 aromatic heterocycles. The Morgan fingerprint density at radius 3 is 2.11 bits per heavy atom. The van der Waals surface area contributed by atoms with Crippen molar-refractivity contribution in [3.05, 3.63) is 0 Å². The maximum atomic E-state index is 10.3. The van der Waals surface area contributed by atoms with Crippen molar-refractivity contribution in [1.29, 1.82) is 0 Å². The fourth-order valence-electron chi connectivity index (χ4n) is 2.77. The molecular weight excluding hydrogens is 387 g/mol. The number of aliphatic hydroxyl groups is 7. The van der Waals surface area contributed by atoms with Crippen LogP contribution in [0.15, 0.2) is 0 Å². The summed E-state index contributed by atoms with van der Waals surface area (Å²) in [7, 11) is 0. The van der Waals surface area contributed by atoms with E-state index in [0.717, 1.165) is 0 Å². The molecule has 0 unspecified atom stereocenters. The summed E-state index contributed by atoms with van der Waals surface area (Å²) in [6.45, 7) is -2.53. The molecule has 7 N–H and O–H groups in total. The molecule has 0 radical (unpaired) electrons. The zero-order valence-electron chi connectivity index (χ0n) is 14.3. The van der Waals surface area contributed by atoms with E-state index in [2.05, 4.69) is 4.74 Å². The summed E-state index contributed by atoms with van der Waals surface area (Å²) in [6, 6.07) is 0. The molecule has 0 amide bonds. The van der Waals surface area contributed by atoms with Crippen molar-refractivity contribution < 1.29 is 94.2 Å². The van der Waals surface area contributed by atoms with E-state index in [1.54, 1.807) is 0 Å². The third kappa shape index (κ3) is 5.08. The van der Waals surface area contributed by atoms with Crippen LogP contribution in [0.1, 0.15) is 0 Å². The number of aliphatic hydroxyl groups excluding tert-OH is 7. The minimum Gasteiger partial charge on any atom is -0.547 e. The summed E-state index contributed by atoms with van der Waals surface area (Å²) in [5.74, 6) is -2.32. The van der Waals surface area contributed by atoms with E-state index in [-0.39, 0.29) is 29.6 Å². The first kappa shape index (κ1) is 24.9. The van der Waals surface area contributed by atoms with Gasteiger partial charge in [0.05, 0.1) is 13.2 Å². The monoisotopic (exact) mass is 408 g/mol. The fraction of sp³-hybridized carbons (Fsp3) is 0.923. The number of carbonyl (C=O) groups excluding carboxylic acids is 1. The second kappa shape index (κ2) is 10.1. The van der Waals surface area contributed by atoms with E-state index in [1.165, 1.54) is 0 Å². The summed E-state index contributed by atoms with van der Waals surface area (Å²) >= 11 is 0. The van der Waals surface area contributed by atoms with E-state index in [9.17, 15) is 40.5 Å². The zero-order valence-corrected chi connectivity index (χ0v) is 16.3. The Kier molecular flexibility index (Phi) is 9.29. The maximum Gasteiger partial charge on any atom is 1.00 e. The van der Waals surface area contributed by atoms with Crippen LogP contribution in [-0.4, -0.2) is 117 Å². The van der Waals surface area contributed by atoms with Crippen molar-refractivity contribution in [2.75, 3.05) is 19.8 Å². The normalized spacial score (nSPS) is 44.6. The summed E-state index contributed by atoms with van der Waals surface area (Å²) in [5, 5.41) is 78.5. The van der Waals surface area contributed by atoms with Crippen molar-refractivity contribution in [2.24, 2.45) is 0 Å². The molecule has 2 fully saturated rings. The number of rotatable bonds is 6. The SMILES string of the molecule is O=C([O-])OC[C@H]1O[C@H](O[C@]2(CO)O[C@H](CO)[C@@H](O)[C@@H]2O)[C@H](O)[C@@H](O)[C@@H]1O.[Na+]. The van der Waals surface area contributed by atoms with Crippen LogP contribution in [0, 0.1) is 0 Å². The van der Waals surface area contributed by atoms with E-state index >= 15 is 0 Å². The second-order valence-electron chi connectivity index (χ2n) is 5.94. The molecule has 0 aromatic carbocycles. The molecule has 2 aliphatic heterocycles. The van der Waals surface area contributed by atoms with Crippen molar-refractivity contribution in [3.63, 3.8) is 0 Å². The largest absolute Gasteiger partial charge is 1.00 e. The van der Waals surface area contributed by atoms with Gasteiger partial charge < -0.3 is 64.6 Å². The Hall–Kier alpha value is -0.130. The van der Waals surface area contributed by atoms with Crippen molar-refractivity contribution in [2.45, 2.75) is 54.8 Å². The molecule has 2 rings (SSSR count). The average Bonchev–Trinajstić information content (AvgIpc) is 2.86. The number of hydrogen-bond acceptors (Lipinski definition) is 13.